The van der Waals surface area contributed by atoms with Gasteiger partial charge in [0.05, 0.1) is 12.7 Å². The molecule has 2 rings (SSSR count). The Hall–Kier alpha value is -0.820. The summed E-state index contributed by atoms with van der Waals surface area (Å²) in [6.45, 7) is 7.88. The molecule has 17 heavy (non-hydrogen) atoms. The molecule has 1 aromatic carbocycles. The zero-order valence-electron chi connectivity index (χ0n) is 11.3. The average Bonchev–Trinajstić information content (AvgIpc) is 2.32. The van der Waals surface area contributed by atoms with Crippen LogP contribution < -0.4 is 0 Å². The van der Waals surface area contributed by atoms with Crippen molar-refractivity contribution in [1.29, 1.82) is 0 Å². The predicted octanol–water partition coefficient (Wildman–Crippen LogP) is 4.42. The van der Waals surface area contributed by atoms with Crippen LogP contribution in [0, 0.1) is 11.3 Å². The lowest BCUT2D eigenvalue weighted by Gasteiger charge is -2.40. The standard InChI is InChI=1S/C16H24O/c1-13-11-15(9-10-16(13,2)3)17-12-14-7-5-4-6-8-14/h4-8,13,15H,9-12H2,1-3H3/t13-,15-/m0/s1. The van der Waals surface area contributed by atoms with E-state index in [2.05, 4.69) is 51.1 Å². The summed E-state index contributed by atoms with van der Waals surface area (Å²) in [5.74, 6) is 0.761. The van der Waals surface area contributed by atoms with Gasteiger partial charge in [-0.3, -0.25) is 0 Å². The van der Waals surface area contributed by atoms with Crippen molar-refractivity contribution in [1.82, 2.24) is 0 Å². The highest BCUT2D eigenvalue weighted by molar-refractivity contribution is 5.13. The Morgan fingerprint density at radius 2 is 1.94 bits per heavy atom. The summed E-state index contributed by atoms with van der Waals surface area (Å²) in [5.41, 5.74) is 1.78. The molecular formula is C16H24O. The molecule has 0 bridgehead atoms. The number of ether oxygens (including phenoxy) is 1. The van der Waals surface area contributed by atoms with Gasteiger partial charge in [-0.15, -0.1) is 0 Å². The molecule has 1 heteroatoms. The predicted molar refractivity (Wildman–Crippen MR) is 71.8 cm³/mol. The lowest BCUT2D eigenvalue weighted by Crippen LogP contribution is -2.33. The normalized spacial score (nSPS) is 27.9. The highest BCUT2D eigenvalue weighted by Crippen LogP contribution is 2.41. The smallest absolute Gasteiger partial charge is 0.0720 e. The van der Waals surface area contributed by atoms with Crippen LogP contribution in [0.1, 0.15) is 45.6 Å². The Kier molecular flexibility index (Phi) is 3.88. The first-order valence-corrected chi connectivity index (χ1v) is 6.73. The van der Waals surface area contributed by atoms with Crippen molar-refractivity contribution in [2.75, 3.05) is 0 Å². The molecule has 94 valence electrons. The molecule has 0 spiro atoms. The molecule has 0 aliphatic heterocycles. The Labute approximate surface area is 105 Å². The molecular weight excluding hydrogens is 208 g/mol. The molecule has 1 saturated carbocycles. The van der Waals surface area contributed by atoms with Crippen LogP contribution in [0.3, 0.4) is 0 Å². The van der Waals surface area contributed by atoms with E-state index >= 15 is 0 Å². The summed E-state index contributed by atoms with van der Waals surface area (Å²) < 4.78 is 6.03. The van der Waals surface area contributed by atoms with Gasteiger partial charge in [0.2, 0.25) is 0 Å². The number of hydrogen-bond acceptors (Lipinski definition) is 1. The second kappa shape index (κ2) is 5.22. The SMILES string of the molecule is C[C@H]1C[C@@H](OCc2ccccc2)CCC1(C)C. The van der Waals surface area contributed by atoms with Crippen LogP contribution in [0.2, 0.25) is 0 Å². The summed E-state index contributed by atoms with van der Waals surface area (Å²) in [6.07, 6.45) is 4.16. The molecule has 1 nitrogen and oxygen atoms in total. The highest BCUT2D eigenvalue weighted by Gasteiger charge is 2.33. The molecule has 2 atom stereocenters. The molecule has 0 unspecified atom stereocenters. The van der Waals surface area contributed by atoms with Crippen LogP contribution in [-0.4, -0.2) is 6.10 Å². The fourth-order valence-electron chi connectivity index (χ4n) is 2.55. The van der Waals surface area contributed by atoms with E-state index in [-0.39, 0.29) is 0 Å². The maximum absolute atomic E-state index is 6.03. The third-order valence-electron chi connectivity index (χ3n) is 4.39. The first kappa shape index (κ1) is 12.6. The first-order chi connectivity index (χ1) is 8.08. The minimum Gasteiger partial charge on any atom is -0.374 e. The average molecular weight is 232 g/mol. The van der Waals surface area contributed by atoms with E-state index in [1.54, 1.807) is 0 Å². The minimum absolute atomic E-state index is 0.457. The fraction of sp³-hybridized carbons (Fsp3) is 0.625. The Bertz CT molecular complexity index is 342. The van der Waals surface area contributed by atoms with Gasteiger partial charge in [-0.1, -0.05) is 51.1 Å². The van der Waals surface area contributed by atoms with E-state index in [1.165, 1.54) is 24.8 Å². The largest absolute Gasteiger partial charge is 0.374 e. The van der Waals surface area contributed by atoms with E-state index in [9.17, 15) is 0 Å². The second-order valence-electron chi connectivity index (χ2n) is 6.08. The maximum Gasteiger partial charge on any atom is 0.0720 e. The molecule has 0 radical (unpaired) electrons. The molecule has 1 aliphatic rings. The summed E-state index contributed by atoms with van der Waals surface area (Å²) in [6, 6.07) is 10.5. The van der Waals surface area contributed by atoms with Crippen molar-refractivity contribution in [2.24, 2.45) is 11.3 Å². The van der Waals surface area contributed by atoms with Gasteiger partial charge < -0.3 is 4.74 Å². The topological polar surface area (TPSA) is 9.23 Å². The van der Waals surface area contributed by atoms with Gasteiger partial charge in [0.25, 0.3) is 0 Å². The number of benzene rings is 1. The molecule has 1 fully saturated rings. The van der Waals surface area contributed by atoms with E-state index in [0.29, 0.717) is 11.5 Å². The van der Waals surface area contributed by atoms with Gasteiger partial charge in [-0.05, 0) is 36.2 Å². The van der Waals surface area contributed by atoms with Crippen LogP contribution in [0.5, 0.6) is 0 Å². The zero-order chi connectivity index (χ0) is 12.3. The Morgan fingerprint density at radius 1 is 1.24 bits per heavy atom. The van der Waals surface area contributed by atoms with E-state index in [0.717, 1.165) is 12.5 Å². The van der Waals surface area contributed by atoms with Crippen molar-refractivity contribution >= 4 is 0 Å². The van der Waals surface area contributed by atoms with Gasteiger partial charge in [-0.2, -0.15) is 0 Å². The molecule has 0 N–H and O–H groups in total. The second-order valence-corrected chi connectivity index (χ2v) is 6.08. The molecule has 0 heterocycles. The van der Waals surface area contributed by atoms with Crippen molar-refractivity contribution in [2.45, 2.75) is 52.7 Å². The lowest BCUT2D eigenvalue weighted by atomic mass is 9.69. The molecule has 0 saturated heterocycles. The van der Waals surface area contributed by atoms with Gasteiger partial charge in [-0.25, -0.2) is 0 Å². The van der Waals surface area contributed by atoms with E-state index in [4.69, 9.17) is 4.74 Å². The lowest BCUT2D eigenvalue weighted by molar-refractivity contribution is -0.0291. The zero-order valence-corrected chi connectivity index (χ0v) is 11.3. The number of rotatable bonds is 3. The molecule has 1 aliphatic carbocycles. The summed E-state index contributed by atoms with van der Waals surface area (Å²) in [7, 11) is 0. The molecule has 0 amide bonds. The highest BCUT2D eigenvalue weighted by atomic mass is 16.5. The van der Waals surface area contributed by atoms with Crippen LogP contribution >= 0.6 is 0 Å². The third kappa shape index (κ3) is 3.32. The summed E-state index contributed by atoms with van der Waals surface area (Å²) in [5, 5.41) is 0. The van der Waals surface area contributed by atoms with E-state index < -0.39 is 0 Å². The van der Waals surface area contributed by atoms with Gasteiger partial charge >= 0.3 is 0 Å². The fourth-order valence-corrected chi connectivity index (χ4v) is 2.55. The van der Waals surface area contributed by atoms with Crippen LogP contribution in [0.4, 0.5) is 0 Å². The number of hydrogen-bond donors (Lipinski definition) is 0. The van der Waals surface area contributed by atoms with Crippen molar-refractivity contribution in [3.63, 3.8) is 0 Å². The monoisotopic (exact) mass is 232 g/mol. The third-order valence-corrected chi connectivity index (χ3v) is 4.39. The quantitative estimate of drug-likeness (QED) is 0.749. The van der Waals surface area contributed by atoms with Gasteiger partial charge in [0.1, 0.15) is 0 Å². The van der Waals surface area contributed by atoms with Crippen LogP contribution in [0.25, 0.3) is 0 Å². The van der Waals surface area contributed by atoms with E-state index in [1.807, 2.05) is 0 Å². The van der Waals surface area contributed by atoms with Crippen LogP contribution in [0.15, 0.2) is 30.3 Å². The molecule has 1 aromatic rings. The van der Waals surface area contributed by atoms with Crippen molar-refractivity contribution in [3.8, 4) is 0 Å². The summed E-state index contributed by atoms with van der Waals surface area (Å²) >= 11 is 0. The first-order valence-electron chi connectivity index (χ1n) is 6.73. The summed E-state index contributed by atoms with van der Waals surface area (Å²) in [4.78, 5) is 0. The minimum atomic E-state index is 0.457. The van der Waals surface area contributed by atoms with Gasteiger partial charge in [0, 0.05) is 0 Å². The maximum atomic E-state index is 6.03. The Balaban J connectivity index is 1.82. The van der Waals surface area contributed by atoms with Gasteiger partial charge in [0.15, 0.2) is 0 Å². The van der Waals surface area contributed by atoms with Crippen LogP contribution in [-0.2, 0) is 11.3 Å². The van der Waals surface area contributed by atoms with Crippen molar-refractivity contribution in [3.05, 3.63) is 35.9 Å². The molecule has 0 aromatic heterocycles. The Morgan fingerprint density at radius 3 is 2.59 bits per heavy atom. The van der Waals surface area contributed by atoms with Crippen molar-refractivity contribution < 1.29 is 4.74 Å².